The van der Waals surface area contributed by atoms with Gasteiger partial charge in [0.2, 0.25) is 11.8 Å². The molecule has 33 heavy (non-hydrogen) atoms. The first-order valence-corrected chi connectivity index (χ1v) is 11.5. The van der Waals surface area contributed by atoms with Gasteiger partial charge in [-0.1, -0.05) is 42.5 Å². The fraction of sp³-hybridized carbons (Fsp3) is 0.423. The van der Waals surface area contributed by atoms with Gasteiger partial charge in [0.1, 0.15) is 11.8 Å². The average Bonchev–Trinajstić information content (AvgIpc) is 3.24. The molecule has 2 atom stereocenters. The summed E-state index contributed by atoms with van der Waals surface area (Å²) in [6.07, 6.45) is 1.09. The molecule has 4 rings (SSSR count). The third-order valence-electron chi connectivity index (χ3n) is 6.62. The van der Waals surface area contributed by atoms with Crippen molar-refractivity contribution in [1.29, 1.82) is 5.26 Å². The SMILES string of the molecule is COc1ccc(C(C#N)N2CCN(C(=O)C3CC(=O)N(CCc4ccccc4)C3)CC2)cc1. The molecular formula is C26H30N4O3. The Hall–Kier alpha value is -3.37. The number of rotatable bonds is 7. The molecule has 0 spiro atoms. The van der Waals surface area contributed by atoms with E-state index < -0.39 is 0 Å². The topological polar surface area (TPSA) is 76.9 Å². The van der Waals surface area contributed by atoms with Gasteiger partial charge < -0.3 is 14.5 Å². The second-order valence-corrected chi connectivity index (χ2v) is 8.64. The first-order valence-electron chi connectivity index (χ1n) is 11.5. The molecule has 0 N–H and O–H groups in total. The highest BCUT2D eigenvalue weighted by atomic mass is 16.5. The highest BCUT2D eigenvalue weighted by molar-refractivity contribution is 5.89. The van der Waals surface area contributed by atoms with Gasteiger partial charge in [-0.05, 0) is 29.7 Å². The maximum absolute atomic E-state index is 13.1. The van der Waals surface area contributed by atoms with Crippen LogP contribution in [0.2, 0.25) is 0 Å². The van der Waals surface area contributed by atoms with E-state index >= 15 is 0 Å². The number of hydrogen-bond acceptors (Lipinski definition) is 5. The maximum Gasteiger partial charge on any atom is 0.228 e. The summed E-state index contributed by atoms with van der Waals surface area (Å²) in [5.74, 6) is 0.609. The summed E-state index contributed by atoms with van der Waals surface area (Å²) in [7, 11) is 1.62. The number of hydrogen-bond donors (Lipinski definition) is 0. The summed E-state index contributed by atoms with van der Waals surface area (Å²) < 4.78 is 5.20. The number of carbonyl (C=O) groups excluding carboxylic acids is 2. The molecule has 2 aromatic rings. The molecule has 2 aliphatic rings. The van der Waals surface area contributed by atoms with Crippen molar-refractivity contribution in [3.8, 4) is 11.8 Å². The minimum Gasteiger partial charge on any atom is -0.497 e. The Morgan fingerprint density at radius 1 is 1.09 bits per heavy atom. The van der Waals surface area contributed by atoms with E-state index in [1.807, 2.05) is 52.3 Å². The molecular weight excluding hydrogens is 416 g/mol. The van der Waals surface area contributed by atoms with Crippen molar-refractivity contribution in [2.24, 2.45) is 5.92 Å². The third-order valence-corrected chi connectivity index (χ3v) is 6.62. The number of ether oxygens (including phenoxy) is 1. The first kappa shape index (κ1) is 22.8. The van der Waals surface area contributed by atoms with Crippen LogP contribution in [0.1, 0.15) is 23.6 Å². The van der Waals surface area contributed by atoms with E-state index in [2.05, 4.69) is 23.1 Å². The van der Waals surface area contributed by atoms with Gasteiger partial charge >= 0.3 is 0 Å². The minimum atomic E-state index is -0.352. The van der Waals surface area contributed by atoms with Crippen molar-refractivity contribution in [2.45, 2.75) is 18.9 Å². The van der Waals surface area contributed by atoms with E-state index in [1.165, 1.54) is 5.56 Å². The van der Waals surface area contributed by atoms with E-state index in [9.17, 15) is 14.9 Å². The average molecular weight is 447 g/mol. The van der Waals surface area contributed by atoms with Crippen LogP contribution in [0.15, 0.2) is 54.6 Å². The van der Waals surface area contributed by atoms with E-state index in [-0.39, 0.29) is 23.8 Å². The van der Waals surface area contributed by atoms with Gasteiger partial charge in [-0.25, -0.2) is 0 Å². The lowest BCUT2D eigenvalue weighted by atomic mass is 10.0. The van der Waals surface area contributed by atoms with Crippen LogP contribution < -0.4 is 4.74 Å². The zero-order chi connectivity index (χ0) is 23.2. The maximum atomic E-state index is 13.1. The predicted octanol–water partition coefficient (Wildman–Crippen LogP) is 2.50. The van der Waals surface area contributed by atoms with Crippen molar-refractivity contribution >= 4 is 11.8 Å². The van der Waals surface area contributed by atoms with E-state index in [1.54, 1.807) is 7.11 Å². The molecule has 0 bridgehead atoms. The van der Waals surface area contributed by atoms with Crippen molar-refractivity contribution in [1.82, 2.24) is 14.7 Å². The summed E-state index contributed by atoms with van der Waals surface area (Å²) in [5.41, 5.74) is 2.12. The highest BCUT2D eigenvalue weighted by Gasteiger charge is 2.37. The summed E-state index contributed by atoms with van der Waals surface area (Å²) in [6, 6.07) is 19.7. The smallest absolute Gasteiger partial charge is 0.228 e. The van der Waals surface area contributed by atoms with Crippen LogP contribution in [0.5, 0.6) is 5.75 Å². The molecule has 2 heterocycles. The molecule has 0 aliphatic carbocycles. The molecule has 7 nitrogen and oxygen atoms in total. The third kappa shape index (κ3) is 5.35. The Bertz CT molecular complexity index is 994. The summed E-state index contributed by atoms with van der Waals surface area (Å²) in [6.45, 7) is 3.55. The molecule has 172 valence electrons. The predicted molar refractivity (Wildman–Crippen MR) is 124 cm³/mol. The fourth-order valence-electron chi connectivity index (χ4n) is 4.67. The zero-order valence-corrected chi connectivity index (χ0v) is 19.0. The molecule has 7 heteroatoms. The summed E-state index contributed by atoms with van der Waals surface area (Å²) >= 11 is 0. The second-order valence-electron chi connectivity index (χ2n) is 8.64. The Morgan fingerprint density at radius 2 is 1.79 bits per heavy atom. The van der Waals surface area contributed by atoms with Crippen molar-refractivity contribution < 1.29 is 14.3 Å². The van der Waals surface area contributed by atoms with Crippen molar-refractivity contribution in [2.75, 3.05) is 46.4 Å². The molecule has 2 amide bonds. The number of methoxy groups -OCH3 is 1. The lowest BCUT2D eigenvalue weighted by molar-refractivity contribution is -0.137. The number of carbonyl (C=O) groups is 2. The minimum absolute atomic E-state index is 0.0585. The zero-order valence-electron chi connectivity index (χ0n) is 19.0. The first-order chi connectivity index (χ1) is 16.1. The molecule has 2 unspecified atom stereocenters. The fourth-order valence-corrected chi connectivity index (χ4v) is 4.67. The quantitative estimate of drug-likeness (QED) is 0.653. The van der Waals surface area contributed by atoms with Crippen LogP contribution in [0.3, 0.4) is 0 Å². The summed E-state index contributed by atoms with van der Waals surface area (Å²) in [4.78, 5) is 31.4. The van der Waals surface area contributed by atoms with Gasteiger partial charge in [0, 0.05) is 45.7 Å². The Balaban J connectivity index is 1.29. The lowest BCUT2D eigenvalue weighted by Crippen LogP contribution is -2.51. The van der Waals surface area contributed by atoms with Gasteiger partial charge in [-0.3, -0.25) is 14.5 Å². The molecule has 0 saturated carbocycles. The second kappa shape index (κ2) is 10.5. The number of amides is 2. The number of nitriles is 1. The standard InChI is InChI=1S/C26H30N4O3/c1-33-23-9-7-21(8-10-23)24(18-27)28-13-15-29(16-14-28)26(32)22-17-25(31)30(19-22)12-11-20-5-3-2-4-6-20/h2-10,22,24H,11-17,19H2,1H3. The monoisotopic (exact) mass is 446 g/mol. The van der Waals surface area contributed by atoms with Crippen LogP contribution >= 0.6 is 0 Å². The van der Waals surface area contributed by atoms with Gasteiger partial charge in [0.25, 0.3) is 0 Å². The largest absolute Gasteiger partial charge is 0.497 e. The van der Waals surface area contributed by atoms with Crippen LogP contribution in [0, 0.1) is 17.2 Å². The normalized spacial score (nSPS) is 19.9. The molecule has 2 saturated heterocycles. The number of benzene rings is 2. The van der Waals surface area contributed by atoms with Crippen molar-refractivity contribution in [3.63, 3.8) is 0 Å². The number of likely N-dealkylation sites (tertiary alicyclic amines) is 1. The van der Waals surface area contributed by atoms with Crippen LogP contribution in [-0.4, -0.2) is 72.9 Å². The number of nitrogens with zero attached hydrogens (tertiary/aromatic N) is 4. The lowest BCUT2D eigenvalue weighted by Gasteiger charge is -2.38. The van der Waals surface area contributed by atoms with Gasteiger partial charge in [0.05, 0.1) is 19.1 Å². The van der Waals surface area contributed by atoms with E-state index in [0.717, 1.165) is 17.7 Å². The molecule has 0 aromatic heterocycles. The van der Waals surface area contributed by atoms with Gasteiger partial charge in [0.15, 0.2) is 0 Å². The Morgan fingerprint density at radius 3 is 2.42 bits per heavy atom. The van der Waals surface area contributed by atoms with Gasteiger partial charge in [-0.2, -0.15) is 5.26 Å². The molecule has 2 aromatic carbocycles. The number of piperazine rings is 1. The molecule has 2 aliphatic heterocycles. The van der Waals surface area contributed by atoms with Crippen LogP contribution in [0.4, 0.5) is 0 Å². The van der Waals surface area contributed by atoms with Crippen LogP contribution in [0.25, 0.3) is 0 Å². The van der Waals surface area contributed by atoms with E-state index in [4.69, 9.17) is 4.74 Å². The summed E-state index contributed by atoms with van der Waals surface area (Å²) in [5, 5.41) is 9.75. The Kier molecular flexibility index (Phi) is 7.26. The highest BCUT2D eigenvalue weighted by Crippen LogP contribution is 2.26. The van der Waals surface area contributed by atoms with Crippen LogP contribution in [-0.2, 0) is 16.0 Å². The molecule has 0 radical (unpaired) electrons. The molecule has 2 fully saturated rings. The Labute approximate surface area is 195 Å². The van der Waals surface area contributed by atoms with E-state index in [0.29, 0.717) is 45.7 Å². The van der Waals surface area contributed by atoms with Crippen molar-refractivity contribution in [3.05, 3.63) is 65.7 Å². The van der Waals surface area contributed by atoms with Gasteiger partial charge in [-0.15, -0.1) is 0 Å².